The van der Waals surface area contributed by atoms with Gasteiger partial charge in [-0.1, -0.05) is 0 Å². The van der Waals surface area contributed by atoms with E-state index in [-0.39, 0.29) is 30.7 Å². The number of imide groups is 1. The van der Waals surface area contributed by atoms with Crippen molar-refractivity contribution in [1.82, 2.24) is 15.5 Å². The van der Waals surface area contributed by atoms with Crippen LogP contribution in [-0.4, -0.2) is 41.7 Å². The predicted molar refractivity (Wildman–Crippen MR) is 80.2 cm³/mol. The van der Waals surface area contributed by atoms with E-state index in [0.29, 0.717) is 41.0 Å². The Morgan fingerprint density at radius 1 is 1.25 bits per heavy atom. The Morgan fingerprint density at radius 3 is 2.75 bits per heavy atom. The molecule has 8 nitrogen and oxygen atoms in total. The molecule has 0 aromatic heterocycles. The number of amides is 4. The summed E-state index contributed by atoms with van der Waals surface area (Å²) in [4.78, 5) is 49.6. The first-order valence-electron chi connectivity index (χ1n) is 7.67. The molecule has 0 saturated carbocycles. The number of benzene rings is 1. The van der Waals surface area contributed by atoms with Gasteiger partial charge in [-0.05, 0) is 18.1 Å². The lowest BCUT2D eigenvalue weighted by Gasteiger charge is -2.29. The first kappa shape index (κ1) is 14.7. The molecular formula is C16H15N3O5. The predicted octanol–water partition coefficient (Wildman–Crippen LogP) is -0.300. The molecule has 124 valence electrons. The van der Waals surface area contributed by atoms with E-state index in [0.717, 1.165) is 0 Å². The number of methoxy groups -OCH3 is 1. The Morgan fingerprint density at radius 2 is 2.04 bits per heavy atom. The van der Waals surface area contributed by atoms with E-state index in [1.54, 1.807) is 6.07 Å². The highest BCUT2D eigenvalue weighted by Gasteiger charge is 2.42. The molecule has 1 aromatic rings. The van der Waals surface area contributed by atoms with Crippen molar-refractivity contribution in [3.63, 3.8) is 0 Å². The van der Waals surface area contributed by atoms with Crippen molar-refractivity contribution in [3.05, 3.63) is 28.3 Å². The van der Waals surface area contributed by atoms with Crippen LogP contribution in [0.2, 0.25) is 0 Å². The van der Waals surface area contributed by atoms with Crippen LogP contribution in [0.5, 0.6) is 5.75 Å². The monoisotopic (exact) mass is 329 g/mol. The van der Waals surface area contributed by atoms with Gasteiger partial charge >= 0.3 is 0 Å². The Balaban J connectivity index is 1.74. The summed E-state index contributed by atoms with van der Waals surface area (Å²) < 4.78 is 5.40. The van der Waals surface area contributed by atoms with Crippen LogP contribution >= 0.6 is 0 Å². The molecule has 0 radical (unpaired) electrons. The van der Waals surface area contributed by atoms with Crippen LogP contribution < -0.4 is 15.4 Å². The zero-order chi connectivity index (χ0) is 17.0. The summed E-state index contributed by atoms with van der Waals surface area (Å²) in [6.45, 7) is 0.535. The van der Waals surface area contributed by atoms with Gasteiger partial charge in [0.15, 0.2) is 0 Å². The van der Waals surface area contributed by atoms with Gasteiger partial charge in [0.25, 0.3) is 11.8 Å². The van der Waals surface area contributed by atoms with Crippen molar-refractivity contribution in [2.75, 3.05) is 7.11 Å². The first-order valence-corrected chi connectivity index (χ1v) is 7.67. The molecule has 24 heavy (non-hydrogen) atoms. The van der Waals surface area contributed by atoms with Crippen LogP contribution in [-0.2, 0) is 22.7 Å². The molecule has 0 bridgehead atoms. The van der Waals surface area contributed by atoms with Crippen molar-refractivity contribution >= 4 is 23.6 Å². The maximum Gasteiger partial charge on any atom is 0.258 e. The third-order valence-corrected chi connectivity index (χ3v) is 4.74. The largest absolute Gasteiger partial charge is 0.496 e. The van der Waals surface area contributed by atoms with Gasteiger partial charge in [-0.3, -0.25) is 24.5 Å². The molecule has 1 fully saturated rings. The number of fused-ring (bicyclic) bond motifs is 2. The van der Waals surface area contributed by atoms with E-state index in [4.69, 9.17) is 4.74 Å². The van der Waals surface area contributed by atoms with Crippen LogP contribution in [0.25, 0.3) is 0 Å². The van der Waals surface area contributed by atoms with Crippen LogP contribution in [0.15, 0.2) is 6.07 Å². The van der Waals surface area contributed by atoms with Crippen molar-refractivity contribution < 1.29 is 23.9 Å². The van der Waals surface area contributed by atoms with E-state index < -0.39 is 11.9 Å². The number of rotatable bonds is 2. The molecule has 3 aliphatic rings. The lowest BCUT2D eigenvalue weighted by Crippen LogP contribution is -2.52. The van der Waals surface area contributed by atoms with Gasteiger partial charge in [-0.2, -0.15) is 0 Å². The molecule has 4 amide bonds. The van der Waals surface area contributed by atoms with Crippen molar-refractivity contribution in [2.45, 2.75) is 32.0 Å². The average molecular weight is 329 g/mol. The van der Waals surface area contributed by atoms with Crippen molar-refractivity contribution in [2.24, 2.45) is 0 Å². The number of carbonyl (C=O) groups excluding carboxylic acids is 4. The number of hydrogen-bond acceptors (Lipinski definition) is 5. The summed E-state index contributed by atoms with van der Waals surface area (Å²) in [7, 11) is 1.46. The molecule has 0 spiro atoms. The number of ether oxygens (including phenoxy) is 1. The number of carbonyl (C=O) groups is 4. The number of piperidine rings is 1. The minimum absolute atomic E-state index is 0.196. The van der Waals surface area contributed by atoms with Gasteiger partial charge < -0.3 is 15.0 Å². The second-order valence-corrected chi connectivity index (χ2v) is 6.05. The fraction of sp³-hybridized carbons (Fsp3) is 0.375. The van der Waals surface area contributed by atoms with Gasteiger partial charge in [0, 0.05) is 30.6 Å². The van der Waals surface area contributed by atoms with Crippen LogP contribution in [0.4, 0.5) is 0 Å². The van der Waals surface area contributed by atoms with Crippen LogP contribution in [0.3, 0.4) is 0 Å². The molecule has 1 atom stereocenters. The minimum Gasteiger partial charge on any atom is -0.496 e. The molecule has 8 heteroatoms. The van der Waals surface area contributed by atoms with Crippen LogP contribution in [0, 0.1) is 0 Å². The number of hydrogen-bond donors (Lipinski definition) is 2. The summed E-state index contributed by atoms with van der Waals surface area (Å²) >= 11 is 0. The van der Waals surface area contributed by atoms with E-state index >= 15 is 0 Å². The lowest BCUT2D eigenvalue weighted by molar-refractivity contribution is -0.136. The van der Waals surface area contributed by atoms with Crippen LogP contribution in [0.1, 0.15) is 44.7 Å². The molecule has 1 unspecified atom stereocenters. The summed E-state index contributed by atoms with van der Waals surface area (Å²) in [6, 6.07) is 1.01. The van der Waals surface area contributed by atoms with E-state index in [1.165, 1.54) is 12.0 Å². The first-order chi connectivity index (χ1) is 11.5. The highest BCUT2D eigenvalue weighted by molar-refractivity contribution is 6.09. The third-order valence-electron chi connectivity index (χ3n) is 4.74. The highest BCUT2D eigenvalue weighted by Crippen LogP contribution is 2.39. The Kier molecular flexibility index (Phi) is 3.09. The average Bonchev–Trinajstić information content (AvgIpc) is 3.07. The molecule has 0 aliphatic carbocycles. The van der Waals surface area contributed by atoms with E-state index in [9.17, 15) is 19.2 Å². The maximum absolute atomic E-state index is 12.9. The Bertz CT molecular complexity index is 816. The molecule has 1 saturated heterocycles. The Hall–Kier alpha value is -2.90. The highest BCUT2D eigenvalue weighted by atomic mass is 16.5. The van der Waals surface area contributed by atoms with E-state index in [1.807, 2.05) is 0 Å². The quantitative estimate of drug-likeness (QED) is 0.725. The Labute approximate surface area is 137 Å². The summed E-state index contributed by atoms with van der Waals surface area (Å²) in [5.74, 6) is -0.901. The second kappa shape index (κ2) is 5.05. The summed E-state index contributed by atoms with van der Waals surface area (Å²) in [6.07, 6.45) is 0.499. The molecule has 3 heterocycles. The summed E-state index contributed by atoms with van der Waals surface area (Å²) in [5.41, 5.74) is 2.23. The normalized spacial score (nSPS) is 22.2. The molecule has 1 aromatic carbocycles. The SMILES string of the molecule is COc1c2c(cc3c1C(=O)N(C1CCC(=O)NC1=O)C3)C(=O)NC2. The minimum atomic E-state index is -0.684. The number of nitrogens with zero attached hydrogens (tertiary/aromatic N) is 1. The third kappa shape index (κ3) is 1.92. The van der Waals surface area contributed by atoms with Gasteiger partial charge in [0.2, 0.25) is 11.8 Å². The molecular weight excluding hydrogens is 314 g/mol. The van der Waals surface area contributed by atoms with Gasteiger partial charge in [0.05, 0.1) is 12.7 Å². The number of nitrogens with one attached hydrogen (secondary N) is 2. The summed E-state index contributed by atoms with van der Waals surface area (Å²) in [5, 5.41) is 4.99. The smallest absolute Gasteiger partial charge is 0.258 e. The van der Waals surface area contributed by atoms with Gasteiger partial charge in [0.1, 0.15) is 11.8 Å². The topological polar surface area (TPSA) is 105 Å². The lowest BCUT2D eigenvalue weighted by atomic mass is 9.99. The zero-order valence-corrected chi connectivity index (χ0v) is 13.0. The van der Waals surface area contributed by atoms with Gasteiger partial charge in [-0.25, -0.2) is 0 Å². The molecule has 4 rings (SSSR count). The van der Waals surface area contributed by atoms with E-state index in [2.05, 4.69) is 10.6 Å². The van der Waals surface area contributed by atoms with Gasteiger partial charge in [-0.15, -0.1) is 0 Å². The second-order valence-electron chi connectivity index (χ2n) is 6.05. The van der Waals surface area contributed by atoms with Crippen molar-refractivity contribution in [1.29, 1.82) is 0 Å². The van der Waals surface area contributed by atoms with Crippen molar-refractivity contribution in [3.8, 4) is 5.75 Å². The fourth-order valence-electron chi connectivity index (χ4n) is 3.61. The zero-order valence-electron chi connectivity index (χ0n) is 13.0. The standard InChI is InChI=1S/C16H15N3O5/c1-24-13-9-5-17-14(21)8(9)4-7-6-19(16(23)12(7)13)10-2-3-11(20)18-15(10)22/h4,10H,2-3,5-6H2,1H3,(H,17,21)(H,18,20,22). The fourth-order valence-corrected chi connectivity index (χ4v) is 3.61. The molecule has 2 N–H and O–H groups in total. The molecule has 3 aliphatic heterocycles. The maximum atomic E-state index is 12.9.